The molecule has 7 rings (SSSR count). The van der Waals surface area contributed by atoms with Gasteiger partial charge < -0.3 is 9.80 Å². The topological polar surface area (TPSA) is 53.7 Å². The number of imidazole rings is 1. The average Bonchev–Trinajstić information content (AvgIpc) is 3.27. The minimum atomic E-state index is -0.0807. The summed E-state index contributed by atoms with van der Waals surface area (Å²) in [6.07, 6.45) is 11.7. The van der Waals surface area contributed by atoms with E-state index in [-0.39, 0.29) is 6.04 Å². The van der Waals surface area contributed by atoms with Gasteiger partial charge in [-0.3, -0.25) is 9.20 Å². The molecule has 0 unspecified atom stereocenters. The molecule has 0 saturated carbocycles. The van der Waals surface area contributed by atoms with E-state index in [1.54, 1.807) is 6.20 Å². The number of hydrogen-bond donors (Lipinski definition) is 0. The van der Waals surface area contributed by atoms with Crippen LogP contribution in [0, 0.1) is 11.8 Å². The van der Waals surface area contributed by atoms with Gasteiger partial charge in [0.1, 0.15) is 0 Å². The van der Waals surface area contributed by atoms with Crippen LogP contribution in [0.15, 0.2) is 49.1 Å². The van der Waals surface area contributed by atoms with Crippen molar-refractivity contribution in [3.05, 3.63) is 65.7 Å². The van der Waals surface area contributed by atoms with Gasteiger partial charge in [0.05, 0.1) is 6.04 Å². The van der Waals surface area contributed by atoms with Crippen molar-refractivity contribution in [2.24, 2.45) is 11.8 Å². The van der Waals surface area contributed by atoms with Gasteiger partial charge in [0, 0.05) is 49.9 Å². The van der Waals surface area contributed by atoms with Crippen molar-refractivity contribution in [1.82, 2.24) is 24.2 Å². The van der Waals surface area contributed by atoms with E-state index in [1.807, 2.05) is 16.8 Å². The Kier molecular flexibility index (Phi) is 4.34. The molecule has 1 aromatic carbocycles. The Hall–Kier alpha value is -2.73. The Morgan fingerprint density at radius 2 is 1.97 bits per heavy atom. The highest BCUT2D eigenvalue weighted by Gasteiger charge is 2.38. The molecule has 1 amide bonds. The minimum Gasteiger partial charge on any atom is -0.331 e. The molecule has 2 aromatic heterocycles. The summed E-state index contributed by atoms with van der Waals surface area (Å²) >= 11 is 0. The first kappa shape index (κ1) is 18.1. The van der Waals surface area contributed by atoms with E-state index >= 15 is 0 Å². The zero-order chi connectivity index (χ0) is 20.1. The van der Waals surface area contributed by atoms with Crippen molar-refractivity contribution in [2.45, 2.75) is 31.7 Å². The fourth-order valence-corrected chi connectivity index (χ4v) is 5.83. The lowest BCUT2D eigenvalue weighted by molar-refractivity contribution is -0.136. The van der Waals surface area contributed by atoms with Crippen LogP contribution < -0.4 is 0 Å². The molecule has 3 fully saturated rings. The fraction of sp³-hybridized carbons (Fsp3) is 0.458. The standard InChI is InChI=1S/C24H27N5O/c30-22(13-19-15-27-9-5-17(19)6-10-27)29-11-7-18-3-1-2-4-21(18)23(29)20-14-26-24-25-8-12-28(24)16-20/h1-4,8,12,14,16-17,19,23H,5-7,9-11,13,15H2/t19-,23+/m1/s1. The van der Waals surface area contributed by atoms with E-state index in [4.69, 9.17) is 0 Å². The Morgan fingerprint density at radius 1 is 1.10 bits per heavy atom. The monoisotopic (exact) mass is 401 g/mol. The number of benzene rings is 1. The first-order chi connectivity index (χ1) is 14.8. The highest BCUT2D eigenvalue weighted by atomic mass is 16.2. The number of rotatable bonds is 3. The van der Waals surface area contributed by atoms with E-state index in [9.17, 15) is 4.79 Å². The van der Waals surface area contributed by atoms with Gasteiger partial charge in [0.15, 0.2) is 0 Å². The molecule has 2 atom stereocenters. The normalized spacial score (nSPS) is 27.9. The number of aromatic nitrogens is 3. The summed E-state index contributed by atoms with van der Waals surface area (Å²) < 4.78 is 1.95. The van der Waals surface area contributed by atoms with Crippen molar-refractivity contribution in [2.75, 3.05) is 26.2 Å². The maximum absolute atomic E-state index is 13.6. The summed E-state index contributed by atoms with van der Waals surface area (Å²) in [7, 11) is 0. The minimum absolute atomic E-state index is 0.0807. The smallest absolute Gasteiger partial charge is 0.233 e. The van der Waals surface area contributed by atoms with Crippen molar-refractivity contribution in [3.8, 4) is 0 Å². The van der Waals surface area contributed by atoms with E-state index < -0.39 is 0 Å². The second-order valence-electron chi connectivity index (χ2n) is 9.06. The third-order valence-electron chi connectivity index (χ3n) is 7.41. The van der Waals surface area contributed by atoms with Crippen molar-refractivity contribution in [1.29, 1.82) is 0 Å². The maximum atomic E-state index is 13.6. The number of fused-ring (bicyclic) bond motifs is 5. The summed E-state index contributed by atoms with van der Waals surface area (Å²) in [6, 6.07) is 8.46. The molecule has 0 aliphatic carbocycles. The van der Waals surface area contributed by atoms with Crippen LogP contribution in [0.2, 0.25) is 0 Å². The number of hydrogen-bond acceptors (Lipinski definition) is 4. The van der Waals surface area contributed by atoms with Gasteiger partial charge in [0.2, 0.25) is 11.7 Å². The van der Waals surface area contributed by atoms with Crippen molar-refractivity contribution < 1.29 is 4.79 Å². The van der Waals surface area contributed by atoms with E-state index in [1.165, 1.54) is 37.1 Å². The fourth-order valence-electron chi connectivity index (χ4n) is 5.83. The lowest BCUT2D eigenvalue weighted by atomic mass is 9.77. The van der Waals surface area contributed by atoms with E-state index in [2.05, 4.69) is 50.2 Å². The SMILES string of the molecule is O=C(C[C@@H]1CN2CCC1CC2)N1CCc2ccccc2[C@@H]1c1cnc2nccn2c1. The number of piperidine rings is 3. The highest BCUT2D eigenvalue weighted by Crippen LogP contribution is 2.38. The molecule has 4 aliphatic rings. The summed E-state index contributed by atoms with van der Waals surface area (Å²) in [6.45, 7) is 4.29. The lowest BCUT2D eigenvalue weighted by Gasteiger charge is -2.45. The Labute approximate surface area is 176 Å². The maximum Gasteiger partial charge on any atom is 0.233 e. The predicted octanol–water partition coefficient (Wildman–Crippen LogP) is 2.94. The zero-order valence-corrected chi connectivity index (χ0v) is 17.2. The van der Waals surface area contributed by atoms with Crippen LogP contribution in [0.3, 0.4) is 0 Å². The molecular formula is C24H27N5O. The zero-order valence-electron chi connectivity index (χ0n) is 17.2. The molecule has 3 saturated heterocycles. The summed E-state index contributed by atoms with van der Waals surface area (Å²) in [5, 5.41) is 0. The van der Waals surface area contributed by atoms with E-state index in [0.717, 1.165) is 31.0 Å². The van der Waals surface area contributed by atoms with Gasteiger partial charge in [0.25, 0.3) is 0 Å². The van der Waals surface area contributed by atoms with Gasteiger partial charge in [-0.2, -0.15) is 0 Å². The first-order valence-electron chi connectivity index (χ1n) is 11.1. The molecule has 0 N–H and O–H groups in total. The molecule has 6 heterocycles. The van der Waals surface area contributed by atoms with Crippen LogP contribution >= 0.6 is 0 Å². The van der Waals surface area contributed by atoms with Gasteiger partial charge in [-0.05, 0) is 55.3 Å². The average molecular weight is 402 g/mol. The van der Waals surface area contributed by atoms with Crippen LogP contribution in [0.4, 0.5) is 0 Å². The Balaban J connectivity index is 1.34. The lowest BCUT2D eigenvalue weighted by Crippen LogP contribution is -2.49. The molecule has 2 bridgehead atoms. The molecule has 4 aliphatic heterocycles. The second kappa shape index (κ2) is 7.20. The van der Waals surface area contributed by atoms with Gasteiger partial charge in [-0.1, -0.05) is 24.3 Å². The summed E-state index contributed by atoms with van der Waals surface area (Å²) in [5.41, 5.74) is 3.61. The van der Waals surface area contributed by atoms with Crippen LogP contribution in [-0.2, 0) is 11.2 Å². The second-order valence-corrected chi connectivity index (χ2v) is 9.06. The number of amides is 1. The van der Waals surface area contributed by atoms with Gasteiger partial charge in [-0.15, -0.1) is 0 Å². The molecule has 154 valence electrons. The first-order valence-corrected chi connectivity index (χ1v) is 11.1. The largest absolute Gasteiger partial charge is 0.331 e. The molecule has 0 radical (unpaired) electrons. The summed E-state index contributed by atoms with van der Waals surface area (Å²) in [5.74, 6) is 2.21. The van der Waals surface area contributed by atoms with Crippen molar-refractivity contribution >= 4 is 11.7 Å². The quantitative estimate of drug-likeness (QED) is 0.677. The molecule has 30 heavy (non-hydrogen) atoms. The van der Waals surface area contributed by atoms with Crippen molar-refractivity contribution in [3.63, 3.8) is 0 Å². The third kappa shape index (κ3) is 3.01. The summed E-state index contributed by atoms with van der Waals surface area (Å²) in [4.78, 5) is 27.1. The van der Waals surface area contributed by atoms with Crippen LogP contribution in [0.25, 0.3) is 5.78 Å². The third-order valence-corrected chi connectivity index (χ3v) is 7.41. The molecule has 6 nitrogen and oxygen atoms in total. The van der Waals surface area contributed by atoms with Crippen LogP contribution in [0.1, 0.15) is 42.0 Å². The number of carbonyl (C=O) groups excluding carboxylic acids is 1. The Bertz CT molecular complexity index is 1080. The van der Waals surface area contributed by atoms with E-state index in [0.29, 0.717) is 24.0 Å². The number of carbonyl (C=O) groups is 1. The van der Waals surface area contributed by atoms with Crippen LogP contribution in [-0.4, -0.2) is 56.3 Å². The predicted molar refractivity (Wildman–Crippen MR) is 114 cm³/mol. The molecular weight excluding hydrogens is 374 g/mol. The Morgan fingerprint density at radius 3 is 2.80 bits per heavy atom. The van der Waals surface area contributed by atoms with Gasteiger partial charge in [-0.25, -0.2) is 9.97 Å². The van der Waals surface area contributed by atoms with Gasteiger partial charge >= 0.3 is 0 Å². The molecule has 6 heteroatoms. The highest BCUT2D eigenvalue weighted by molar-refractivity contribution is 5.78. The molecule has 0 spiro atoms. The number of nitrogens with zero attached hydrogens (tertiary/aromatic N) is 5. The van der Waals surface area contributed by atoms with Crippen LogP contribution in [0.5, 0.6) is 0 Å². The molecule has 3 aromatic rings.